The summed E-state index contributed by atoms with van der Waals surface area (Å²) in [6.45, 7) is 1.55. The highest BCUT2D eigenvalue weighted by atomic mass is 35.5. The molecular weight excluding hydrogens is 362 g/mol. The van der Waals surface area contributed by atoms with Gasteiger partial charge in [-0.25, -0.2) is 13.2 Å². The number of esters is 1. The summed E-state index contributed by atoms with van der Waals surface area (Å²) < 4.78 is 31.8. The molecule has 130 valence electrons. The Kier molecular flexibility index (Phi) is 6.21. The fraction of sp³-hybridized carbons (Fsp3) is 0.167. The first-order chi connectivity index (χ1) is 11.8. The van der Waals surface area contributed by atoms with Gasteiger partial charge in [0.05, 0.1) is 17.0 Å². The van der Waals surface area contributed by atoms with Gasteiger partial charge in [0.25, 0.3) is 0 Å². The molecular formula is C18H16ClNO4S. The lowest BCUT2D eigenvalue weighted by atomic mass is 10.1. The van der Waals surface area contributed by atoms with Crippen molar-refractivity contribution in [1.82, 2.24) is 4.72 Å². The van der Waals surface area contributed by atoms with Gasteiger partial charge in [-0.1, -0.05) is 41.8 Å². The lowest BCUT2D eigenvalue weighted by Gasteiger charge is -2.15. The zero-order valence-corrected chi connectivity index (χ0v) is 15.0. The van der Waals surface area contributed by atoms with Crippen LogP contribution in [0.3, 0.4) is 0 Å². The molecule has 1 N–H and O–H groups in total. The largest absolute Gasteiger partial charge is 0.454 e. The number of hydrogen-bond acceptors (Lipinski definition) is 4. The Balaban J connectivity index is 2.19. The number of sulfonamides is 1. The minimum atomic E-state index is -3.79. The zero-order valence-electron chi connectivity index (χ0n) is 13.4. The fourth-order valence-electron chi connectivity index (χ4n) is 2.11. The first-order valence-corrected chi connectivity index (χ1v) is 9.20. The number of rotatable bonds is 6. The Bertz CT molecular complexity index is 919. The van der Waals surface area contributed by atoms with E-state index in [1.54, 1.807) is 31.2 Å². The summed E-state index contributed by atoms with van der Waals surface area (Å²) in [5, 5.41) is 0.484. The predicted octanol–water partition coefficient (Wildman–Crippen LogP) is 3.17. The second-order valence-corrected chi connectivity index (χ2v) is 7.30. The van der Waals surface area contributed by atoms with Gasteiger partial charge < -0.3 is 4.74 Å². The molecule has 0 aliphatic rings. The summed E-state index contributed by atoms with van der Waals surface area (Å²) in [4.78, 5) is 12.3. The molecule has 0 spiro atoms. The van der Waals surface area contributed by atoms with Gasteiger partial charge in [0.15, 0.2) is 0 Å². The third-order valence-electron chi connectivity index (χ3n) is 3.37. The van der Waals surface area contributed by atoms with Crippen LogP contribution in [0.5, 0.6) is 0 Å². The normalized spacial score (nSPS) is 12.2. The minimum Gasteiger partial charge on any atom is -0.454 e. The van der Waals surface area contributed by atoms with Crippen LogP contribution < -0.4 is 4.72 Å². The second-order valence-electron chi connectivity index (χ2n) is 5.13. The van der Waals surface area contributed by atoms with Crippen LogP contribution in [-0.2, 0) is 14.8 Å². The monoisotopic (exact) mass is 377 g/mol. The van der Waals surface area contributed by atoms with Gasteiger partial charge in [-0.2, -0.15) is 4.72 Å². The molecule has 0 saturated heterocycles. The number of carbonyl (C=O) groups excluding carboxylic acids is 1. The zero-order chi connectivity index (χ0) is 18.4. The third-order valence-corrected chi connectivity index (χ3v) is 5.11. The molecule has 0 aromatic heterocycles. The van der Waals surface area contributed by atoms with E-state index in [9.17, 15) is 13.2 Å². The number of benzene rings is 2. The molecule has 5 nitrogen and oxygen atoms in total. The van der Waals surface area contributed by atoms with Crippen LogP contribution in [0.2, 0.25) is 5.02 Å². The summed E-state index contributed by atoms with van der Waals surface area (Å²) in [6.07, 6.45) is 4.47. The number of terminal acetylenes is 1. The lowest BCUT2D eigenvalue weighted by molar-refractivity contribution is 0.0338. The van der Waals surface area contributed by atoms with Gasteiger partial charge in [0, 0.05) is 10.6 Å². The summed E-state index contributed by atoms with van der Waals surface area (Å²) >= 11 is 6.09. The quantitative estimate of drug-likeness (QED) is 0.620. The molecule has 0 heterocycles. The van der Waals surface area contributed by atoms with Crippen LogP contribution in [0.4, 0.5) is 0 Å². The predicted molar refractivity (Wildman–Crippen MR) is 95.7 cm³/mol. The highest BCUT2D eigenvalue weighted by Gasteiger charge is 2.19. The van der Waals surface area contributed by atoms with Crippen LogP contribution in [0.15, 0.2) is 53.4 Å². The number of nitrogens with one attached hydrogen (secondary N) is 1. The summed E-state index contributed by atoms with van der Waals surface area (Å²) in [6, 6.07) is 12.6. The number of hydrogen-bond donors (Lipinski definition) is 1. The minimum absolute atomic E-state index is 0.0670. The maximum absolute atomic E-state index is 12.3. The Hall–Kier alpha value is -2.33. The molecule has 0 saturated carbocycles. The molecule has 0 bridgehead atoms. The molecule has 7 heteroatoms. The average molecular weight is 378 g/mol. The number of ether oxygens (including phenoxy) is 1. The molecule has 1 atom stereocenters. The van der Waals surface area contributed by atoms with Crippen molar-refractivity contribution >= 4 is 27.6 Å². The van der Waals surface area contributed by atoms with E-state index in [4.69, 9.17) is 22.8 Å². The van der Waals surface area contributed by atoms with Crippen molar-refractivity contribution in [3.63, 3.8) is 0 Å². The molecule has 0 aliphatic carbocycles. The van der Waals surface area contributed by atoms with Crippen molar-refractivity contribution in [2.75, 3.05) is 6.54 Å². The van der Waals surface area contributed by atoms with Crippen LogP contribution >= 0.6 is 11.6 Å². The van der Waals surface area contributed by atoms with Gasteiger partial charge in [0.1, 0.15) is 6.10 Å². The third kappa shape index (κ3) is 4.83. The Labute approximate surface area is 152 Å². The van der Waals surface area contributed by atoms with Crippen LogP contribution in [-0.4, -0.2) is 20.9 Å². The van der Waals surface area contributed by atoms with Crippen molar-refractivity contribution in [2.24, 2.45) is 0 Å². The van der Waals surface area contributed by atoms with Crippen LogP contribution in [0.25, 0.3) is 0 Å². The Morgan fingerprint density at radius 2 is 2.00 bits per heavy atom. The molecule has 0 unspecified atom stereocenters. The van der Waals surface area contributed by atoms with Crippen molar-refractivity contribution in [3.05, 3.63) is 64.7 Å². The van der Waals surface area contributed by atoms with Crippen molar-refractivity contribution < 1.29 is 17.9 Å². The summed E-state index contributed by atoms with van der Waals surface area (Å²) in [5.41, 5.74) is 0.777. The summed E-state index contributed by atoms with van der Waals surface area (Å²) in [7, 11) is -3.79. The lowest BCUT2D eigenvalue weighted by Crippen LogP contribution is -2.24. The first-order valence-electron chi connectivity index (χ1n) is 7.34. The topological polar surface area (TPSA) is 72.5 Å². The molecule has 0 amide bonds. The highest BCUT2D eigenvalue weighted by molar-refractivity contribution is 7.89. The van der Waals surface area contributed by atoms with E-state index in [1.807, 2.05) is 0 Å². The maximum Gasteiger partial charge on any atom is 0.338 e. The Morgan fingerprint density at radius 3 is 2.68 bits per heavy atom. The first kappa shape index (κ1) is 19.0. The van der Waals surface area contributed by atoms with Gasteiger partial charge in [-0.3, -0.25) is 0 Å². The molecule has 2 aromatic carbocycles. The van der Waals surface area contributed by atoms with E-state index in [-0.39, 0.29) is 17.0 Å². The van der Waals surface area contributed by atoms with E-state index in [0.29, 0.717) is 10.6 Å². The van der Waals surface area contributed by atoms with E-state index < -0.39 is 22.1 Å². The molecule has 0 radical (unpaired) electrons. The van der Waals surface area contributed by atoms with Crippen molar-refractivity contribution in [3.8, 4) is 12.3 Å². The molecule has 0 fully saturated rings. The van der Waals surface area contributed by atoms with Crippen LogP contribution in [0, 0.1) is 12.3 Å². The Morgan fingerprint density at radius 1 is 1.28 bits per heavy atom. The second kappa shape index (κ2) is 8.17. The SMILES string of the molecule is C#CCNS(=O)(=O)c1cccc(C(=O)O[C@@H](C)c2ccccc2Cl)c1. The molecule has 25 heavy (non-hydrogen) atoms. The summed E-state index contributed by atoms with van der Waals surface area (Å²) in [5.74, 6) is 1.53. The number of carbonyl (C=O) groups is 1. The standard InChI is InChI=1S/C18H16ClNO4S/c1-3-11-20-25(22,23)15-8-6-7-14(12-15)18(21)24-13(2)16-9-4-5-10-17(16)19/h1,4-10,12-13,20H,11H2,2H3/t13-/m0/s1. The van der Waals surface area contributed by atoms with E-state index in [2.05, 4.69) is 10.6 Å². The smallest absolute Gasteiger partial charge is 0.338 e. The molecule has 2 rings (SSSR count). The van der Waals surface area contributed by atoms with Crippen molar-refractivity contribution in [1.29, 1.82) is 0 Å². The van der Waals surface area contributed by atoms with Gasteiger partial charge in [-0.05, 0) is 31.2 Å². The number of halogens is 1. The van der Waals surface area contributed by atoms with E-state index in [1.165, 1.54) is 24.3 Å². The highest BCUT2D eigenvalue weighted by Crippen LogP contribution is 2.26. The van der Waals surface area contributed by atoms with Crippen LogP contribution in [0.1, 0.15) is 28.9 Å². The van der Waals surface area contributed by atoms with E-state index in [0.717, 1.165) is 0 Å². The van der Waals surface area contributed by atoms with Gasteiger partial charge in [-0.15, -0.1) is 6.42 Å². The average Bonchev–Trinajstić information content (AvgIpc) is 2.60. The van der Waals surface area contributed by atoms with E-state index >= 15 is 0 Å². The molecule has 2 aromatic rings. The molecule has 0 aliphatic heterocycles. The fourth-order valence-corrected chi connectivity index (χ4v) is 3.38. The van der Waals surface area contributed by atoms with Crippen molar-refractivity contribution in [2.45, 2.75) is 17.9 Å². The maximum atomic E-state index is 12.3. The van der Waals surface area contributed by atoms with Gasteiger partial charge >= 0.3 is 5.97 Å². The van der Waals surface area contributed by atoms with Gasteiger partial charge in [0.2, 0.25) is 10.0 Å².